The van der Waals surface area contributed by atoms with E-state index >= 15 is 0 Å². The number of sulfonamides is 1. The standard InChI is InChI=1S/C27H34FN3O6S/c1-19(27(33)29-22-6-4-3-5-7-22)30(17-20-8-10-21(28)11-9-20)26(32)18-31(38(2,34)35)23-12-13-24-25(16-23)37-15-14-36-24/h8-13,16,19,22H,3-7,14-15,17-18H2,1-2H3,(H,29,33). The van der Waals surface area contributed by atoms with E-state index in [1.54, 1.807) is 19.1 Å². The van der Waals surface area contributed by atoms with Crippen LogP contribution in [0, 0.1) is 5.82 Å². The molecular formula is C27H34FN3O6S. The molecule has 0 radical (unpaired) electrons. The molecule has 1 heterocycles. The second kappa shape index (κ2) is 12.0. The summed E-state index contributed by atoms with van der Waals surface area (Å²) in [5.74, 6) is -0.418. The molecule has 0 bridgehead atoms. The second-order valence-corrected chi connectivity index (χ2v) is 11.7. The van der Waals surface area contributed by atoms with Crippen molar-refractivity contribution in [2.75, 3.05) is 30.3 Å². The second-order valence-electron chi connectivity index (χ2n) is 9.77. The lowest BCUT2D eigenvalue weighted by molar-refractivity contribution is -0.139. The van der Waals surface area contributed by atoms with E-state index < -0.39 is 34.3 Å². The number of rotatable bonds is 9. The summed E-state index contributed by atoms with van der Waals surface area (Å²) in [6, 6.07) is 9.47. The summed E-state index contributed by atoms with van der Waals surface area (Å²) in [7, 11) is -3.88. The molecule has 0 aromatic heterocycles. The Morgan fingerprint density at radius 3 is 2.34 bits per heavy atom. The number of hydrogen-bond acceptors (Lipinski definition) is 6. The maximum atomic E-state index is 13.7. The molecule has 1 atom stereocenters. The number of amides is 2. The molecule has 2 aromatic carbocycles. The SMILES string of the molecule is CC(C(=O)NC1CCCCC1)N(Cc1ccc(F)cc1)C(=O)CN(c1ccc2c(c1)OCCO2)S(C)(=O)=O. The van der Waals surface area contributed by atoms with Gasteiger partial charge >= 0.3 is 0 Å². The van der Waals surface area contributed by atoms with Crippen LogP contribution in [0.5, 0.6) is 11.5 Å². The fraction of sp³-hybridized carbons (Fsp3) is 0.481. The molecule has 2 amide bonds. The van der Waals surface area contributed by atoms with Gasteiger partial charge in [0.25, 0.3) is 0 Å². The van der Waals surface area contributed by atoms with Crippen molar-refractivity contribution in [3.8, 4) is 11.5 Å². The van der Waals surface area contributed by atoms with Crippen LogP contribution in [0.2, 0.25) is 0 Å². The van der Waals surface area contributed by atoms with Crippen LogP contribution in [-0.2, 0) is 26.2 Å². The van der Waals surface area contributed by atoms with Gasteiger partial charge in [-0.1, -0.05) is 31.4 Å². The number of ether oxygens (including phenoxy) is 2. The molecule has 1 saturated carbocycles. The summed E-state index contributed by atoms with van der Waals surface area (Å²) in [5, 5.41) is 3.04. The van der Waals surface area contributed by atoms with Gasteiger partial charge in [-0.2, -0.15) is 0 Å². The van der Waals surface area contributed by atoms with Crippen LogP contribution in [-0.4, -0.2) is 63.2 Å². The molecule has 206 valence electrons. The molecule has 1 aliphatic carbocycles. The van der Waals surface area contributed by atoms with E-state index in [9.17, 15) is 22.4 Å². The maximum Gasteiger partial charge on any atom is 0.244 e. The highest BCUT2D eigenvalue weighted by Gasteiger charge is 2.31. The van der Waals surface area contributed by atoms with Crippen LogP contribution < -0.4 is 19.1 Å². The van der Waals surface area contributed by atoms with Gasteiger partial charge < -0.3 is 19.7 Å². The van der Waals surface area contributed by atoms with Gasteiger partial charge in [0, 0.05) is 18.7 Å². The van der Waals surface area contributed by atoms with Crippen molar-refractivity contribution in [2.24, 2.45) is 0 Å². The lowest BCUT2D eigenvalue weighted by Gasteiger charge is -2.33. The third-order valence-electron chi connectivity index (χ3n) is 6.88. The van der Waals surface area contributed by atoms with E-state index in [2.05, 4.69) is 5.32 Å². The number of carbonyl (C=O) groups excluding carboxylic acids is 2. The average molecular weight is 548 g/mol. The van der Waals surface area contributed by atoms with Crippen LogP contribution in [0.1, 0.15) is 44.6 Å². The molecule has 1 fully saturated rings. The van der Waals surface area contributed by atoms with Gasteiger partial charge in [-0.25, -0.2) is 12.8 Å². The van der Waals surface area contributed by atoms with Gasteiger partial charge in [0.1, 0.15) is 31.6 Å². The number of carbonyl (C=O) groups is 2. The van der Waals surface area contributed by atoms with E-state index in [-0.39, 0.29) is 24.2 Å². The summed E-state index contributed by atoms with van der Waals surface area (Å²) < 4.78 is 51.2. The molecule has 38 heavy (non-hydrogen) atoms. The first-order valence-electron chi connectivity index (χ1n) is 12.8. The predicted molar refractivity (Wildman–Crippen MR) is 141 cm³/mol. The number of anilines is 1. The van der Waals surface area contributed by atoms with Gasteiger partial charge in [0.05, 0.1) is 11.9 Å². The van der Waals surface area contributed by atoms with E-state index in [1.165, 1.54) is 35.2 Å². The fourth-order valence-corrected chi connectivity index (χ4v) is 5.58. The van der Waals surface area contributed by atoms with Crippen molar-refractivity contribution in [1.82, 2.24) is 10.2 Å². The van der Waals surface area contributed by atoms with E-state index in [1.807, 2.05) is 0 Å². The minimum absolute atomic E-state index is 0.0110. The molecule has 1 N–H and O–H groups in total. The summed E-state index contributed by atoms with van der Waals surface area (Å²) in [4.78, 5) is 28.2. The summed E-state index contributed by atoms with van der Waals surface area (Å²) in [6.07, 6.45) is 6.00. The Bertz CT molecular complexity index is 1250. The van der Waals surface area contributed by atoms with Crippen LogP contribution in [0.25, 0.3) is 0 Å². The molecule has 0 spiro atoms. The third kappa shape index (κ3) is 6.94. The van der Waals surface area contributed by atoms with Crippen molar-refractivity contribution in [2.45, 2.75) is 57.7 Å². The van der Waals surface area contributed by atoms with Gasteiger partial charge in [0.2, 0.25) is 21.8 Å². The van der Waals surface area contributed by atoms with Gasteiger partial charge in [-0.15, -0.1) is 0 Å². The van der Waals surface area contributed by atoms with E-state index in [0.717, 1.165) is 42.7 Å². The molecule has 1 unspecified atom stereocenters. The van der Waals surface area contributed by atoms with Crippen molar-refractivity contribution in [1.29, 1.82) is 0 Å². The highest BCUT2D eigenvalue weighted by molar-refractivity contribution is 7.92. The zero-order chi connectivity index (χ0) is 27.3. The number of halogens is 1. The molecule has 9 nitrogen and oxygen atoms in total. The van der Waals surface area contributed by atoms with Crippen LogP contribution in [0.3, 0.4) is 0 Å². The lowest BCUT2D eigenvalue weighted by atomic mass is 9.95. The zero-order valence-corrected chi connectivity index (χ0v) is 22.5. The van der Waals surface area contributed by atoms with E-state index in [4.69, 9.17) is 9.47 Å². The van der Waals surface area contributed by atoms with E-state index in [0.29, 0.717) is 30.3 Å². The molecule has 1 aliphatic heterocycles. The minimum atomic E-state index is -3.88. The first kappa shape index (κ1) is 27.7. The van der Waals surface area contributed by atoms with Crippen LogP contribution in [0.4, 0.5) is 10.1 Å². The highest BCUT2D eigenvalue weighted by Crippen LogP contribution is 2.34. The zero-order valence-electron chi connectivity index (χ0n) is 21.7. The van der Waals surface area contributed by atoms with Crippen LogP contribution >= 0.6 is 0 Å². The van der Waals surface area contributed by atoms with Crippen molar-refractivity contribution in [3.63, 3.8) is 0 Å². The van der Waals surface area contributed by atoms with Gasteiger partial charge in [-0.3, -0.25) is 13.9 Å². The van der Waals surface area contributed by atoms with Crippen molar-refractivity contribution < 1.29 is 31.9 Å². The monoisotopic (exact) mass is 547 g/mol. The fourth-order valence-electron chi connectivity index (χ4n) is 4.74. The van der Waals surface area contributed by atoms with Crippen molar-refractivity contribution in [3.05, 3.63) is 53.8 Å². The van der Waals surface area contributed by atoms with Crippen molar-refractivity contribution >= 4 is 27.5 Å². The maximum absolute atomic E-state index is 13.7. The predicted octanol–water partition coefficient (Wildman–Crippen LogP) is 3.23. The molecule has 4 rings (SSSR count). The normalized spacial score (nSPS) is 16.4. The third-order valence-corrected chi connectivity index (χ3v) is 8.02. The Morgan fingerprint density at radius 1 is 1.03 bits per heavy atom. The summed E-state index contributed by atoms with van der Waals surface area (Å²) in [6.45, 7) is 1.82. The number of fused-ring (bicyclic) bond motifs is 1. The summed E-state index contributed by atoms with van der Waals surface area (Å²) >= 11 is 0. The Morgan fingerprint density at radius 2 is 1.68 bits per heavy atom. The Balaban J connectivity index is 1.58. The first-order chi connectivity index (χ1) is 18.1. The Kier molecular flexibility index (Phi) is 8.76. The average Bonchev–Trinajstić information content (AvgIpc) is 2.90. The lowest BCUT2D eigenvalue weighted by Crippen LogP contribution is -2.53. The molecular weight excluding hydrogens is 513 g/mol. The molecule has 0 saturated heterocycles. The quantitative estimate of drug-likeness (QED) is 0.517. The summed E-state index contributed by atoms with van der Waals surface area (Å²) in [5.41, 5.74) is 0.855. The molecule has 2 aliphatic rings. The number of nitrogens with one attached hydrogen (secondary N) is 1. The Labute approximate surface area is 222 Å². The Hall–Kier alpha value is -3.34. The highest BCUT2D eigenvalue weighted by atomic mass is 32.2. The van der Waals surface area contributed by atoms with Gasteiger partial charge in [0.15, 0.2) is 11.5 Å². The van der Waals surface area contributed by atoms with Gasteiger partial charge in [-0.05, 0) is 49.6 Å². The topological polar surface area (TPSA) is 105 Å². The number of hydrogen-bond donors (Lipinski definition) is 1. The number of benzene rings is 2. The number of nitrogens with zero attached hydrogens (tertiary/aromatic N) is 2. The molecule has 11 heteroatoms. The molecule has 2 aromatic rings. The largest absolute Gasteiger partial charge is 0.486 e. The van der Waals surface area contributed by atoms with Crippen LogP contribution in [0.15, 0.2) is 42.5 Å². The smallest absolute Gasteiger partial charge is 0.244 e. The first-order valence-corrected chi connectivity index (χ1v) is 14.7. The minimum Gasteiger partial charge on any atom is -0.486 e.